The lowest BCUT2D eigenvalue weighted by molar-refractivity contribution is 0.420. The molecule has 0 bridgehead atoms. The highest BCUT2D eigenvalue weighted by Crippen LogP contribution is 2.11. The van der Waals surface area contributed by atoms with Gasteiger partial charge >= 0.3 is 0 Å². The molecule has 3 heteroatoms. The van der Waals surface area contributed by atoms with Gasteiger partial charge < -0.3 is 5.73 Å². The number of aromatic nitrogens is 2. The average Bonchev–Trinajstić information content (AvgIpc) is 2.53. The van der Waals surface area contributed by atoms with Crippen LogP contribution in [-0.4, -0.2) is 9.78 Å². The molecule has 0 aliphatic rings. The molecule has 80 valence electrons. The molecular weight excluding hydrogens is 174 g/mol. The Balaban J connectivity index is 2.51. The molecule has 0 spiro atoms. The van der Waals surface area contributed by atoms with Gasteiger partial charge in [-0.1, -0.05) is 20.3 Å². The Hall–Kier alpha value is -0.830. The number of rotatable bonds is 5. The molecule has 1 aromatic heterocycles. The first-order chi connectivity index (χ1) is 6.63. The van der Waals surface area contributed by atoms with E-state index in [1.54, 1.807) is 0 Å². The molecular formula is C11H21N3. The van der Waals surface area contributed by atoms with Crippen LogP contribution in [0.1, 0.15) is 45.2 Å². The van der Waals surface area contributed by atoms with Crippen molar-refractivity contribution in [1.82, 2.24) is 9.78 Å². The van der Waals surface area contributed by atoms with Gasteiger partial charge in [-0.15, -0.1) is 0 Å². The van der Waals surface area contributed by atoms with Crippen molar-refractivity contribution in [2.24, 2.45) is 11.7 Å². The quantitative estimate of drug-likeness (QED) is 0.783. The van der Waals surface area contributed by atoms with Crippen molar-refractivity contribution >= 4 is 0 Å². The molecule has 1 heterocycles. The highest BCUT2D eigenvalue weighted by molar-refractivity contribution is 5.08. The molecule has 0 saturated heterocycles. The Morgan fingerprint density at radius 2 is 2.21 bits per heavy atom. The number of hydrogen-bond donors (Lipinski definition) is 1. The van der Waals surface area contributed by atoms with Crippen LogP contribution in [0.2, 0.25) is 0 Å². The predicted molar refractivity (Wildman–Crippen MR) is 58.9 cm³/mol. The first kappa shape index (κ1) is 11.2. The smallest absolute Gasteiger partial charge is 0.0537 e. The summed E-state index contributed by atoms with van der Waals surface area (Å²) in [4.78, 5) is 0. The molecule has 0 fully saturated rings. The van der Waals surface area contributed by atoms with Crippen LogP contribution in [0.4, 0.5) is 0 Å². The van der Waals surface area contributed by atoms with Crippen LogP contribution in [0.3, 0.4) is 0 Å². The summed E-state index contributed by atoms with van der Waals surface area (Å²) < 4.78 is 2.00. The van der Waals surface area contributed by atoms with Crippen molar-refractivity contribution in [2.45, 2.75) is 46.2 Å². The Kier molecular flexibility index (Phi) is 4.14. The second-order valence-corrected chi connectivity index (χ2v) is 4.18. The minimum atomic E-state index is 0.0882. The summed E-state index contributed by atoms with van der Waals surface area (Å²) >= 11 is 0. The molecule has 0 amide bonds. The van der Waals surface area contributed by atoms with Crippen LogP contribution < -0.4 is 5.73 Å². The second kappa shape index (κ2) is 5.15. The molecule has 1 aromatic rings. The van der Waals surface area contributed by atoms with Gasteiger partial charge in [-0.05, 0) is 19.3 Å². The molecule has 2 atom stereocenters. The van der Waals surface area contributed by atoms with E-state index >= 15 is 0 Å². The zero-order valence-electron chi connectivity index (χ0n) is 9.40. The minimum Gasteiger partial charge on any atom is -0.324 e. The zero-order valence-corrected chi connectivity index (χ0v) is 9.40. The molecule has 3 nitrogen and oxygen atoms in total. The summed E-state index contributed by atoms with van der Waals surface area (Å²) in [5.41, 5.74) is 6.88. The van der Waals surface area contributed by atoms with Crippen LogP contribution in [-0.2, 0) is 6.54 Å². The number of nitrogens with zero attached hydrogens (tertiary/aromatic N) is 2. The van der Waals surface area contributed by atoms with E-state index in [2.05, 4.69) is 25.1 Å². The average molecular weight is 195 g/mol. The Morgan fingerprint density at radius 1 is 1.50 bits per heavy atom. The lowest BCUT2D eigenvalue weighted by Gasteiger charge is -2.09. The molecule has 0 aromatic carbocycles. The van der Waals surface area contributed by atoms with Crippen molar-refractivity contribution in [2.75, 3.05) is 0 Å². The zero-order chi connectivity index (χ0) is 10.6. The first-order valence-corrected chi connectivity index (χ1v) is 5.41. The predicted octanol–water partition coefficient (Wildman–Crippen LogP) is 2.34. The Morgan fingerprint density at radius 3 is 2.71 bits per heavy atom. The van der Waals surface area contributed by atoms with Gasteiger partial charge in [0.25, 0.3) is 0 Å². The third kappa shape index (κ3) is 3.14. The first-order valence-electron chi connectivity index (χ1n) is 5.41. The van der Waals surface area contributed by atoms with Gasteiger partial charge in [-0.3, -0.25) is 4.68 Å². The maximum atomic E-state index is 5.76. The Labute approximate surface area is 86.3 Å². The van der Waals surface area contributed by atoms with Gasteiger partial charge in [0, 0.05) is 24.3 Å². The van der Waals surface area contributed by atoms with E-state index in [9.17, 15) is 0 Å². The minimum absolute atomic E-state index is 0.0882. The molecule has 2 unspecified atom stereocenters. The summed E-state index contributed by atoms with van der Waals surface area (Å²) in [6, 6.07) is 0.0882. The van der Waals surface area contributed by atoms with Crippen LogP contribution in [0.15, 0.2) is 12.4 Å². The second-order valence-electron chi connectivity index (χ2n) is 4.18. The summed E-state index contributed by atoms with van der Waals surface area (Å²) in [6.45, 7) is 7.46. The fraction of sp³-hybridized carbons (Fsp3) is 0.727. The largest absolute Gasteiger partial charge is 0.324 e. The van der Waals surface area contributed by atoms with Gasteiger partial charge in [-0.2, -0.15) is 5.10 Å². The van der Waals surface area contributed by atoms with E-state index in [0.29, 0.717) is 5.92 Å². The lowest BCUT2D eigenvalue weighted by Crippen LogP contribution is -2.08. The summed E-state index contributed by atoms with van der Waals surface area (Å²) in [5.74, 6) is 0.695. The molecule has 0 aliphatic heterocycles. The summed E-state index contributed by atoms with van der Waals surface area (Å²) in [7, 11) is 0. The fourth-order valence-corrected chi connectivity index (χ4v) is 1.62. The molecule has 0 saturated carbocycles. The maximum absolute atomic E-state index is 5.76. The SMILES string of the molecule is CCCC(C)Cn1cc(C(C)N)cn1. The van der Waals surface area contributed by atoms with E-state index in [0.717, 1.165) is 12.1 Å². The van der Waals surface area contributed by atoms with E-state index in [1.165, 1.54) is 12.8 Å². The fourth-order valence-electron chi connectivity index (χ4n) is 1.62. The van der Waals surface area contributed by atoms with Crippen LogP contribution in [0.5, 0.6) is 0 Å². The van der Waals surface area contributed by atoms with Crippen molar-refractivity contribution in [3.63, 3.8) is 0 Å². The normalized spacial score (nSPS) is 15.4. The molecule has 0 radical (unpaired) electrons. The standard InChI is InChI=1S/C11H21N3/c1-4-5-9(2)7-14-8-11(6-13-14)10(3)12/h6,8-10H,4-5,7,12H2,1-3H3. The lowest BCUT2D eigenvalue weighted by atomic mass is 10.1. The van der Waals surface area contributed by atoms with Gasteiger partial charge in [0.1, 0.15) is 0 Å². The highest BCUT2D eigenvalue weighted by Gasteiger charge is 2.05. The van der Waals surface area contributed by atoms with Crippen LogP contribution >= 0.6 is 0 Å². The van der Waals surface area contributed by atoms with E-state index in [1.807, 2.05) is 17.8 Å². The summed E-state index contributed by atoms with van der Waals surface area (Å²) in [6.07, 6.45) is 6.41. The molecule has 2 N–H and O–H groups in total. The van der Waals surface area contributed by atoms with Crippen molar-refractivity contribution < 1.29 is 0 Å². The summed E-state index contributed by atoms with van der Waals surface area (Å²) in [5, 5.41) is 4.30. The van der Waals surface area contributed by atoms with E-state index in [4.69, 9.17) is 5.73 Å². The van der Waals surface area contributed by atoms with Gasteiger partial charge in [0.15, 0.2) is 0 Å². The van der Waals surface area contributed by atoms with Gasteiger partial charge in [0.2, 0.25) is 0 Å². The van der Waals surface area contributed by atoms with Crippen molar-refractivity contribution in [1.29, 1.82) is 0 Å². The van der Waals surface area contributed by atoms with Gasteiger partial charge in [0.05, 0.1) is 6.20 Å². The van der Waals surface area contributed by atoms with Crippen LogP contribution in [0, 0.1) is 5.92 Å². The third-order valence-electron chi connectivity index (χ3n) is 2.46. The highest BCUT2D eigenvalue weighted by atomic mass is 15.3. The third-order valence-corrected chi connectivity index (χ3v) is 2.46. The van der Waals surface area contributed by atoms with Crippen molar-refractivity contribution in [3.8, 4) is 0 Å². The number of hydrogen-bond acceptors (Lipinski definition) is 2. The molecule has 0 aliphatic carbocycles. The van der Waals surface area contributed by atoms with E-state index < -0.39 is 0 Å². The molecule has 14 heavy (non-hydrogen) atoms. The van der Waals surface area contributed by atoms with Crippen molar-refractivity contribution in [3.05, 3.63) is 18.0 Å². The number of nitrogens with two attached hydrogens (primary N) is 1. The van der Waals surface area contributed by atoms with Gasteiger partial charge in [-0.25, -0.2) is 0 Å². The maximum Gasteiger partial charge on any atom is 0.0537 e. The Bertz CT molecular complexity index is 265. The monoisotopic (exact) mass is 195 g/mol. The molecule has 1 rings (SSSR count). The van der Waals surface area contributed by atoms with Crippen LogP contribution in [0.25, 0.3) is 0 Å². The topological polar surface area (TPSA) is 43.8 Å². The van der Waals surface area contributed by atoms with E-state index in [-0.39, 0.29) is 6.04 Å².